The van der Waals surface area contributed by atoms with Gasteiger partial charge in [-0.25, -0.2) is 0 Å². The highest BCUT2D eigenvalue weighted by atomic mass is 16.5. The molecule has 5 nitrogen and oxygen atoms in total. The average Bonchev–Trinajstić information content (AvgIpc) is 2.58. The summed E-state index contributed by atoms with van der Waals surface area (Å²) in [6.45, 7) is 2.65. The van der Waals surface area contributed by atoms with Crippen LogP contribution in [0.15, 0.2) is 30.3 Å². The van der Waals surface area contributed by atoms with Crippen molar-refractivity contribution in [2.75, 3.05) is 33.4 Å². The highest BCUT2D eigenvalue weighted by Gasteiger charge is 2.48. The van der Waals surface area contributed by atoms with E-state index in [9.17, 15) is 15.0 Å². The summed E-state index contributed by atoms with van der Waals surface area (Å²) in [5.41, 5.74) is 0.153. The van der Waals surface area contributed by atoms with Gasteiger partial charge >= 0.3 is 5.97 Å². The maximum atomic E-state index is 12.0. The van der Waals surface area contributed by atoms with Crippen LogP contribution in [0.5, 0.6) is 0 Å². The fourth-order valence-electron chi connectivity index (χ4n) is 3.60. The first-order chi connectivity index (χ1) is 11.6. The Hall–Kier alpha value is -1.43. The third kappa shape index (κ3) is 4.79. The van der Waals surface area contributed by atoms with Gasteiger partial charge < -0.3 is 19.8 Å². The van der Waals surface area contributed by atoms with E-state index in [1.54, 1.807) is 7.11 Å². The van der Waals surface area contributed by atoms with E-state index in [4.69, 9.17) is 4.74 Å². The molecular weight excluding hydrogens is 306 g/mol. The van der Waals surface area contributed by atoms with Gasteiger partial charge in [-0.2, -0.15) is 0 Å². The highest BCUT2D eigenvalue weighted by Crippen LogP contribution is 2.36. The van der Waals surface area contributed by atoms with Gasteiger partial charge in [-0.15, -0.1) is 0 Å². The van der Waals surface area contributed by atoms with Crippen molar-refractivity contribution in [2.24, 2.45) is 5.41 Å². The molecule has 1 aromatic rings. The number of rotatable bonds is 9. The Labute approximate surface area is 144 Å². The van der Waals surface area contributed by atoms with Crippen LogP contribution in [0.1, 0.15) is 31.2 Å². The van der Waals surface area contributed by atoms with E-state index in [0.717, 1.165) is 32.4 Å². The largest absolute Gasteiger partial charge is 0.481 e. The zero-order valence-corrected chi connectivity index (χ0v) is 14.5. The van der Waals surface area contributed by atoms with Gasteiger partial charge in [-0.1, -0.05) is 30.3 Å². The molecule has 0 amide bonds. The van der Waals surface area contributed by atoms with Crippen molar-refractivity contribution in [1.29, 1.82) is 0 Å². The molecule has 24 heavy (non-hydrogen) atoms. The minimum absolute atomic E-state index is 0.419. The normalized spacial score (nSPS) is 24.8. The molecule has 2 N–H and O–H groups in total. The van der Waals surface area contributed by atoms with Crippen molar-refractivity contribution in [3.05, 3.63) is 35.9 Å². The third-order valence-corrected chi connectivity index (χ3v) is 5.04. The lowest BCUT2D eigenvalue weighted by Crippen LogP contribution is -2.56. The predicted molar refractivity (Wildman–Crippen MR) is 93.0 cm³/mol. The monoisotopic (exact) mass is 335 g/mol. The van der Waals surface area contributed by atoms with Gasteiger partial charge in [0.05, 0.1) is 6.10 Å². The summed E-state index contributed by atoms with van der Waals surface area (Å²) < 4.78 is 5.07. The number of ether oxygens (including phenoxy) is 1. The number of methoxy groups -OCH3 is 1. The summed E-state index contributed by atoms with van der Waals surface area (Å²) in [6, 6.07) is 10.1. The summed E-state index contributed by atoms with van der Waals surface area (Å²) in [5, 5.41) is 20.3. The number of carbonyl (C=O) groups is 1. The number of hydrogen-bond donors (Lipinski definition) is 2. The Morgan fingerprint density at radius 2 is 2.08 bits per heavy atom. The van der Waals surface area contributed by atoms with E-state index in [-0.39, 0.29) is 0 Å². The molecule has 0 bridgehead atoms. The zero-order valence-electron chi connectivity index (χ0n) is 14.5. The number of benzene rings is 1. The van der Waals surface area contributed by atoms with Crippen LogP contribution in [-0.2, 0) is 16.0 Å². The zero-order chi connectivity index (χ0) is 17.4. The summed E-state index contributed by atoms with van der Waals surface area (Å²) in [6.07, 6.45) is 2.73. The SMILES string of the molecule is COCCCN1CC[C@H](O)[C@](CCCc2ccccc2)(C(=O)O)C1. The molecular formula is C19H29NO4. The number of aryl methyl sites for hydroxylation is 1. The first-order valence-corrected chi connectivity index (χ1v) is 8.75. The number of carboxylic acid groups (broad SMARTS) is 1. The minimum Gasteiger partial charge on any atom is -0.481 e. The molecule has 1 aliphatic rings. The van der Waals surface area contributed by atoms with E-state index in [1.807, 2.05) is 18.2 Å². The molecule has 0 aromatic heterocycles. The van der Waals surface area contributed by atoms with E-state index >= 15 is 0 Å². The van der Waals surface area contributed by atoms with Gasteiger partial charge in [0.1, 0.15) is 5.41 Å². The topological polar surface area (TPSA) is 70.0 Å². The second-order valence-corrected chi connectivity index (χ2v) is 6.73. The Kier molecular flexibility index (Phi) is 7.21. The standard InChI is InChI=1S/C19H29NO4/c1-24-14-6-12-20-13-10-17(21)19(15-20,18(22)23)11-5-9-16-7-3-2-4-8-16/h2-4,7-8,17,21H,5-6,9-15H2,1H3,(H,22,23)/t17-,19+/m0/s1. The quantitative estimate of drug-likeness (QED) is 0.677. The van der Waals surface area contributed by atoms with Gasteiger partial charge in [-0.05, 0) is 37.7 Å². The Morgan fingerprint density at radius 3 is 2.75 bits per heavy atom. The van der Waals surface area contributed by atoms with E-state index < -0.39 is 17.5 Å². The molecule has 2 rings (SSSR count). The fraction of sp³-hybridized carbons (Fsp3) is 0.632. The molecule has 0 unspecified atom stereocenters. The van der Waals surface area contributed by atoms with Crippen molar-refractivity contribution < 1.29 is 19.7 Å². The molecule has 5 heteroatoms. The van der Waals surface area contributed by atoms with E-state index in [0.29, 0.717) is 26.0 Å². The average molecular weight is 335 g/mol. The maximum Gasteiger partial charge on any atom is 0.313 e. The van der Waals surface area contributed by atoms with Crippen molar-refractivity contribution in [2.45, 2.75) is 38.2 Å². The predicted octanol–water partition coefficient (Wildman–Crippen LogP) is 2.18. The number of nitrogens with zero attached hydrogens (tertiary/aromatic N) is 1. The van der Waals surface area contributed by atoms with Crippen LogP contribution >= 0.6 is 0 Å². The molecule has 2 atom stereocenters. The van der Waals surface area contributed by atoms with Crippen LogP contribution in [-0.4, -0.2) is 60.5 Å². The number of aliphatic carboxylic acids is 1. The van der Waals surface area contributed by atoms with E-state index in [2.05, 4.69) is 17.0 Å². The van der Waals surface area contributed by atoms with Crippen molar-refractivity contribution in [1.82, 2.24) is 4.90 Å². The maximum absolute atomic E-state index is 12.0. The molecule has 0 aliphatic carbocycles. The summed E-state index contributed by atoms with van der Waals surface area (Å²) in [4.78, 5) is 14.1. The molecule has 1 aromatic carbocycles. The molecule has 0 spiro atoms. The molecule has 1 fully saturated rings. The molecule has 1 heterocycles. The molecule has 0 saturated carbocycles. The lowest BCUT2D eigenvalue weighted by Gasteiger charge is -2.43. The van der Waals surface area contributed by atoms with Crippen molar-refractivity contribution >= 4 is 5.97 Å². The number of carboxylic acids is 1. The lowest BCUT2D eigenvalue weighted by atomic mass is 9.73. The fourth-order valence-corrected chi connectivity index (χ4v) is 3.60. The van der Waals surface area contributed by atoms with Crippen molar-refractivity contribution in [3.8, 4) is 0 Å². The van der Waals surface area contributed by atoms with Gasteiger partial charge in [0.25, 0.3) is 0 Å². The number of aliphatic hydroxyl groups excluding tert-OH is 1. The second-order valence-electron chi connectivity index (χ2n) is 6.73. The van der Waals surface area contributed by atoms with Crippen LogP contribution in [0.4, 0.5) is 0 Å². The third-order valence-electron chi connectivity index (χ3n) is 5.04. The molecule has 1 saturated heterocycles. The van der Waals surface area contributed by atoms with Gasteiger partial charge in [0.2, 0.25) is 0 Å². The molecule has 0 radical (unpaired) electrons. The smallest absolute Gasteiger partial charge is 0.313 e. The van der Waals surface area contributed by atoms with Crippen molar-refractivity contribution in [3.63, 3.8) is 0 Å². The summed E-state index contributed by atoms with van der Waals surface area (Å²) >= 11 is 0. The number of hydrogen-bond acceptors (Lipinski definition) is 4. The number of likely N-dealkylation sites (tertiary alicyclic amines) is 1. The highest BCUT2D eigenvalue weighted by molar-refractivity contribution is 5.76. The summed E-state index contributed by atoms with van der Waals surface area (Å²) in [7, 11) is 1.67. The molecule has 134 valence electrons. The lowest BCUT2D eigenvalue weighted by molar-refractivity contribution is -0.164. The van der Waals surface area contributed by atoms with Crippen LogP contribution in [0, 0.1) is 5.41 Å². The van der Waals surface area contributed by atoms with Crippen LogP contribution in [0.2, 0.25) is 0 Å². The van der Waals surface area contributed by atoms with Gasteiger partial charge in [0.15, 0.2) is 0 Å². The Morgan fingerprint density at radius 1 is 1.33 bits per heavy atom. The van der Waals surface area contributed by atoms with Gasteiger partial charge in [-0.3, -0.25) is 4.79 Å². The Balaban J connectivity index is 1.97. The first-order valence-electron chi connectivity index (χ1n) is 8.75. The second kappa shape index (κ2) is 9.16. The number of piperidine rings is 1. The Bertz CT molecular complexity index is 507. The first kappa shape index (κ1) is 18.9. The van der Waals surface area contributed by atoms with Gasteiger partial charge in [0, 0.05) is 33.4 Å². The minimum atomic E-state index is -1.06. The van der Waals surface area contributed by atoms with E-state index in [1.165, 1.54) is 5.56 Å². The summed E-state index contributed by atoms with van der Waals surface area (Å²) in [5.74, 6) is -0.875. The molecule has 1 aliphatic heterocycles. The van der Waals surface area contributed by atoms with Crippen LogP contribution in [0.25, 0.3) is 0 Å². The number of aliphatic hydroxyl groups is 1. The van der Waals surface area contributed by atoms with Crippen LogP contribution in [0.3, 0.4) is 0 Å². The van der Waals surface area contributed by atoms with Crippen LogP contribution < -0.4 is 0 Å².